The van der Waals surface area contributed by atoms with Crippen LogP contribution in [0.3, 0.4) is 0 Å². The molecule has 2 heteroatoms. The average molecular weight is 283 g/mol. The average Bonchev–Trinajstić information content (AvgIpc) is 2.45. The van der Waals surface area contributed by atoms with E-state index in [1.54, 1.807) is 0 Å². The van der Waals surface area contributed by atoms with Crippen molar-refractivity contribution >= 4 is 0 Å². The Bertz CT molecular complexity index is 585. The summed E-state index contributed by atoms with van der Waals surface area (Å²) in [5.41, 5.74) is 4.11. The minimum Gasteiger partial charge on any atom is -0.314 e. The molecule has 1 fully saturated rings. The zero-order valence-electron chi connectivity index (χ0n) is 12.5. The normalized spacial score (nSPS) is 21.0. The second kappa shape index (κ2) is 6.40. The first-order valence-electron chi connectivity index (χ1n) is 7.76. The molecule has 0 heterocycles. The van der Waals surface area contributed by atoms with Crippen molar-refractivity contribution in [3.63, 3.8) is 0 Å². The first-order valence-corrected chi connectivity index (χ1v) is 7.76. The number of nitrogens with one attached hydrogen (secondary N) is 1. The number of hydrogen-bond acceptors (Lipinski definition) is 1. The first-order chi connectivity index (χ1) is 10.2. The zero-order valence-corrected chi connectivity index (χ0v) is 12.5. The van der Waals surface area contributed by atoms with Crippen LogP contribution >= 0.6 is 0 Å². The van der Waals surface area contributed by atoms with Crippen molar-refractivity contribution < 1.29 is 4.39 Å². The van der Waals surface area contributed by atoms with Crippen LogP contribution in [0.25, 0.3) is 0 Å². The Morgan fingerprint density at radius 3 is 2.48 bits per heavy atom. The van der Waals surface area contributed by atoms with Gasteiger partial charge in [-0.15, -0.1) is 0 Å². The lowest BCUT2D eigenvalue weighted by atomic mass is 9.74. The van der Waals surface area contributed by atoms with E-state index in [1.165, 1.54) is 41.7 Å². The van der Waals surface area contributed by atoms with Gasteiger partial charge in [-0.1, -0.05) is 36.4 Å². The lowest BCUT2D eigenvalue weighted by Gasteiger charge is -2.37. The van der Waals surface area contributed by atoms with Crippen LogP contribution < -0.4 is 5.32 Å². The van der Waals surface area contributed by atoms with Gasteiger partial charge in [0.1, 0.15) is 5.82 Å². The van der Waals surface area contributed by atoms with E-state index >= 15 is 0 Å². The van der Waals surface area contributed by atoms with Gasteiger partial charge in [-0.3, -0.25) is 0 Å². The van der Waals surface area contributed by atoms with Crippen molar-refractivity contribution in [2.24, 2.45) is 0 Å². The van der Waals surface area contributed by atoms with Crippen LogP contribution in [0.5, 0.6) is 0 Å². The Hall–Kier alpha value is -1.67. The van der Waals surface area contributed by atoms with Crippen LogP contribution in [-0.2, 0) is 6.42 Å². The second-order valence-corrected chi connectivity index (χ2v) is 6.05. The van der Waals surface area contributed by atoms with Crippen molar-refractivity contribution in [1.29, 1.82) is 0 Å². The second-order valence-electron chi connectivity index (χ2n) is 6.05. The molecule has 1 saturated carbocycles. The summed E-state index contributed by atoms with van der Waals surface area (Å²) in [5.74, 6) is 0.557. The molecule has 0 spiro atoms. The molecule has 21 heavy (non-hydrogen) atoms. The molecule has 3 rings (SSSR count). The minimum atomic E-state index is -0.160. The molecule has 2 aromatic carbocycles. The summed E-state index contributed by atoms with van der Waals surface area (Å²) in [6.07, 6.45) is 3.42. The molecule has 1 aliphatic rings. The van der Waals surface area contributed by atoms with Gasteiger partial charge >= 0.3 is 0 Å². The highest BCUT2D eigenvalue weighted by molar-refractivity contribution is 5.31. The molecule has 110 valence electrons. The Labute approximate surface area is 126 Å². The van der Waals surface area contributed by atoms with E-state index in [0.29, 0.717) is 6.04 Å². The number of hydrogen-bond donors (Lipinski definition) is 1. The summed E-state index contributed by atoms with van der Waals surface area (Å²) >= 11 is 0. The fraction of sp³-hybridized carbons (Fsp3) is 0.368. The van der Waals surface area contributed by atoms with E-state index in [2.05, 4.69) is 36.5 Å². The Morgan fingerprint density at radius 2 is 1.76 bits per heavy atom. The van der Waals surface area contributed by atoms with Gasteiger partial charge in [0.25, 0.3) is 0 Å². The molecule has 0 bridgehead atoms. The van der Waals surface area contributed by atoms with Gasteiger partial charge in [0.15, 0.2) is 0 Å². The van der Waals surface area contributed by atoms with Crippen LogP contribution in [0.2, 0.25) is 0 Å². The van der Waals surface area contributed by atoms with Crippen molar-refractivity contribution in [2.75, 3.05) is 6.54 Å². The van der Waals surface area contributed by atoms with Gasteiger partial charge in [-0.05, 0) is 67.5 Å². The number of benzene rings is 2. The monoisotopic (exact) mass is 283 g/mol. The van der Waals surface area contributed by atoms with Crippen LogP contribution in [0.1, 0.15) is 35.4 Å². The summed E-state index contributed by atoms with van der Waals surface area (Å²) in [6, 6.07) is 16.1. The maximum Gasteiger partial charge on any atom is 0.123 e. The Balaban J connectivity index is 1.41. The Kier molecular flexibility index (Phi) is 4.35. The van der Waals surface area contributed by atoms with Gasteiger partial charge in [-0.2, -0.15) is 0 Å². The summed E-state index contributed by atoms with van der Waals surface area (Å²) in [5, 5.41) is 3.61. The van der Waals surface area contributed by atoms with Crippen molar-refractivity contribution in [1.82, 2.24) is 5.32 Å². The number of halogens is 1. The molecule has 0 radical (unpaired) electrons. The van der Waals surface area contributed by atoms with Crippen molar-refractivity contribution in [3.8, 4) is 0 Å². The third kappa shape index (κ3) is 3.51. The van der Waals surface area contributed by atoms with Gasteiger partial charge in [-0.25, -0.2) is 4.39 Å². The summed E-state index contributed by atoms with van der Waals surface area (Å²) in [4.78, 5) is 0. The summed E-state index contributed by atoms with van der Waals surface area (Å²) < 4.78 is 12.8. The minimum absolute atomic E-state index is 0.160. The maximum absolute atomic E-state index is 12.8. The fourth-order valence-electron chi connectivity index (χ4n) is 3.16. The molecular weight excluding hydrogens is 261 g/mol. The highest BCUT2D eigenvalue weighted by Gasteiger charge is 2.30. The van der Waals surface area contributed by atoms with Crippen molar-refractivity contribution in [2.45, 2.75) is 38.1 Å². The van der Waals surface area contributed by atoms with Gasteiger partial charge in [0.05, 0.1) is 0 Å². The van der Waals surface area contributed by atoms with E-state index in [-0.39, 0.29) is 5.82 Å². The molecule has 0 aliphatic heterocycles. The van der Waals surface area contributed by atoms with Crippen LogP contribution in [0.15, 0.2) is 48.5 Å². The predicted octanol–water partition coefficient (Wildman–Crippen LogP) is 4.21. The number of rotatable bonds is 5. The van der Waals surface area contributed by atoms with E-state index in [1.807, 2.05) is 12.1 Å². The molecule has 0 atom stereocenters. The largest absolute Gasteiger partial charge is 0.314 e. The predicted molar refractivity (Wildman–Crippen MR) is 85.0 cm³/mol. The lowest BCUT2D eigenvalue weighted by Crippen LogP contribution is -2.41. The topological polar surface area (TPSA) is 12.0 Å². The van der Waals surface area contributed by atoms with Crippen LogP contribution in [0, 0.1) is 12.7 Å². The highest BCUT2D eigenvalue weighted by Crippen LogP contribution is 2.38. The molecular formula is C19H22FN. The highest BCUT2D eigenvalue weighted by atomic mass is 19.1. The van der Waals surface area contributed by atoms with Crippen molar-refractivity contribution in [3.05, 3.63) is 71.0 Å². The molecule has 0 saturated heterocycles. The molecule has 0 aromatic heterocycles. The fourth-order valence-corrected chi connectivity index (χ4v) is 3.16. The number of aryl methyl sites for hydroxylation is 1. The van der Waals surface area contributed by atoms with E-state index in [4.69, 9.17) is 0 Å². The van der Waals surface area contributed by atoms with Crippen LogP contribution in [-0.4, -0.2) is 12.6 Å². The quantitative estimate of drug-likeness (QED) is 0.866. The van der Waals surface area contributed by atoms with E-state index < -0.39 is 0 Å². The van der Waals surface area contributed by atoms with Gasteiger partial charge in [0, 0.05) is 6.04 Å². The standard InChI is InChI=1S/C19H22FN/c1-14-4-2-3-5-19(14)16-12-18(13-16)21-11-10-15-6-8-17(20)9-7-15/h2-9,16,18,21H,10-13H2,1H3. The third-order valence-corrected chi connectivity index (χ3v) is 4.53. The summed E-state index contributed by atoms with van der Waals surface area (Å²) in [7, 11) is 0. The third-order valence-electron chi connectivity index (χ3n) is 4.53. The molecule has 0 unspecified atom stereocenters. The molecule has 1 aliphatic carbocycles. The summed E-state index contributed by atoms with van der Waals surface area (Å²) in [6.45, 7) is 3.17. The van der Waals surface area contributed by atoms with Gasteiger partial charge < -0.3 is 5.32 Å². The smallest absolute Gasteiger partial charge is 0.123 e. The molecule has 2 aromatic rings. The molecule has 1 N–H and O–H groups in total. The Morgan fingerprint density at radius 1 is 1.05 bits per heavy atom. The molecule has 1 nitrogen and oxygen atoms in total. The van der Waals surface area contributed by atoms with Crippen LogP contribution in [0.4, 0.5) is 4.39 Å². The van der Waals surface area contributed by atoms with Gasteiger partial charge in [0.2, 0.25) is 0 Å². The lowest BCUT2D eigenvalue weighted by molar-refractivity contribution is 0.292. The SMILES string of the molecule is Cc1ccccc1C1CC(NCCc2ccc(F)cc2)C1. The zero-order chi connectivity index (χ0) is 14.7. The van der Waals surface area contributed by atoms with E-state index in [9.17, 15) is 4.39 Å². The van der Waals surface area contributed by atoms with E-state index in [0.717, 1.165) is 18.9 Å². The maximum atomic E-state index is 12.8. The molecule has 0 amide bonds. The first kappa shape index (κ1) is 14.3.